The van der Waals surface area contributed by atoms with Gasteiger partial charge in [0.25, 0.3) is 0 Å². The molecule has 1 aromatic heterocycles. The number of ether oxygens (including phenoxy) is 8. The van der Waals surface area contributed by atoms with E-state index in [0.29, 0.717) is 78.6 Å². The second-order valence-corrected chi connectivity index (χ2v) is 24.2. The number of phenolic OH excluding ortho intramolecular Hbond substituents is 8. The Morgan fingerprint density at radius 2 is 0.673 bits per heavy atom. The number of epoxide rings is 4. The number of rotatable bonds is 23. The van der Waals surface area contributed by atoms with Gasteiger partial charge in [0.15, 0.2) is 0 Å². The molecule has 0 aliphatic carbocycles. The topological polar surface area (TPSA) is 324 Å². The van der Waals surface area contributed by atoms with E-state index in [1.165, 1.54) is 53.6 Å². The molecule has 14 rings (SSSR count). The standard InChI is InChI=1S/C22H26O4.C21H18N6O3.C21H20O5.C12H14O4/c1-13-5-17(6-14(2)21(13)25-11-19-9-23-19)18-7-15(3)22(16(4)8-18)26-12-20-10-24-20;28-16-7-1-4-13(10-16)22-19-25-20(23-14-5-2-8-17(29)11-14)27-21(26-19)24-15-6-3-9-18(30)12-15;1-12-6-15(8-13-2-4-17(22)10-19(13)24)21(26)16(7-12)9-14-3-5-18(23)11-20(14)25;1-2-9(13-5-11-7-15-11)4-10(3-1)14-6-12-8-16-12/h5-8,19-20H,9-12H2,1-4H3;1-12,28-30H,(H3,22,23,24,25,26,27);2-7,10-11,22-26H,8-9H2,1H3;1-4,11-12H,5-8H2. The van der Waals surface area contributed by atoms with Gasteiger partial charge >= 0.3 is 0 Å². The van der Waals surface area contributed by atoms with Gasteiger partial charge in [-0.3, -0.25) is 0 Å². The van der Waals surface area contributed by atoms with Gasteiger partial charge in [-0.25, -0.2) is 0 Å². The zero-order valence-electron chi connectivity index (χ0n) is 54.7. The molecule has 5 heterocycles. The van der Waals surface area contributed by atoms with E-state index < -0.39 is 0 Å². The number of aryl methyl sites for hydroxylation is 5. The average molecular weight is 1330 g/mol. The van der Waals surface area contributed by atoms with Crippen LogP contribution in [0.1, 0.15) is 50.1 Å². The van der Waals surface area contributed by atoms with Crippen LogP contribution in [0, 0.1) is 34.6 Å². The SMILES string of the molecule is Cc1cc(-c2cc(C)c(OCC3CO3)c(C)c2)cc(C)c1OCC1CO1.Cc1cc(Cc2ccc(O)cc2O)c(O)c(Cc2ccc(O)cc2O)c1.Oc1cccc(Nc2nc(Nc3cccc(O)c3)nc(Nc3cccc(O)c3)n2)c1.c1cc(OCC2CO2)cc(OCC2CO2)c1. The molecule has 4 unspecified atom stereocenters. The first-order valence-corrected chi connectivity index (χ1v) is 31.9. The molecule has 0 spiro atoms. The van der Waals surface area contributed by atoms with Crippen LogP contribution >= 0.6 is 0 Å². The van der Waals surface area contributed by atoms with Crippen molar-refractivity contribution in [2.24, 2.45) is 0 Å². The summed E-state index contributed by atoms with van der Waals surface area (Å²) in [5, 5.41) is 87.5. The van der Waals surface area contributed by atoms with Crippen molar-refractivity contribution in [3.8, 4) is 80.1 Å². The van der Waals surface area contributed by atoms with Crippen LogP contribution in [0.5, 0.6) is 69.0 Å². The number of aromatic nitrogens is 3. The zero-order chi connectivity index (χ0) is 68.8. The number of aromatic hydroxyl groups is 8. The van der Waals surface area contributed by atoms with Crippen molar-refractivity contribution >= 4 is 34.9 Å². The van der Waals surface area contributed by atoms with Crippen molar-refractivity contribution in [3.63, 3.8) is 0 Å². The fourth-order valence-corrected chi connectivity index (χ4v) is 10.4. The van der Waals surface area contributed by atoms with Gasteiger partial charge in [-0.15, -0.1) is 0 Å². The van der Waals surface area contributed by atoms with Crippen molar-refractivity contribution in [1.82, 2.24) is 15.0 Å². The third kappa shape index (κ3) is 20.4. The van der Waals surface area contributed by atoms with Crippen LogP contribution < -0.4 is 34.9 Å². The van der Waals surface area contributed by atoms with E-state index in [1.54, 1.807) is 66.7 Å². The molecule has 22 nitrogen and oxygen atoms in total. The van der Waals surface area contributed by atoms with Gasteiger partial charge in [0.1, 0.15) is 120 Å². The van der Waals surface area contributed by atoms with Gasteiger partial charge in [0.05, 0.1) is 26.4 Å². The monoisotopic (exact) mass is 1330 g/mol. The zero-order valence-corrected chi connectivity index (χ0v) is 54.7. The van der Waals surface area contributed by atoms with Crippen molar-refractivity contribution < 1.29 is 78.7 Å². The lowest BCUT2D eigenvalue weighted by atomic mass is 9.95. The summed E-state index contributed by atoms with van der Waals surface area (Å²) in [6.45, 7) is 16.1. The summed E-state index contributed by atoms with van der Waals surface area (Å²) in [6, 6.07) is 48.5. The van der Waals surface area contributed by atoms with Gasteiger partial charge in [-0.05, 0) is 175 Å². The fraction of sp³-hybridized carbons (Fsp3) is 0.250. The van der Waals surface area contributed by atoms with Gasteiger partial charge in [0, 0.05) is 66.3 Å². The third-order valence-electron chi connectivity index (χ3n) is 15.6. The molecule has 4 aliphatic heterocycles. The molecule has 11 N–H and O–H groups in total. The summed E-state index contributed by atoms with van der Waals surface area (Å²) < 4.78 is 43.6. The lowest BCUT2D eigenvalue weighted by molar-refractivity contribution is 0.252. The van der Waals surface area contributed by atoms with Crippen molar-refractivity contribution in [2.45, 2.75) is 71.9 Å². The Bertz CT molecular complexity index is 4020. The third-order valence-corrected chi connectivity index (χ3v) is 15.6. The largest absolute Gasteiger partial charge is 0.508 e. The minimum atomic E-state index is -0.0383. The van der Waals surface area contributed by atoms with E-state index >= 15 is 0 Å². The summed E-state index contributed by atoms with van der Waals surface area (Å²) in [5.41, 5.74) is 12.2. The number of anilines is 6. The molecule has 508 valence electrons. The highest BCUT2D eigenvalue weighted by molar-refractivity contribution is 5.71. The number of benzene rings is 9. The summed E-state index contributed by atoms with van der Waals surface area (Å²) in [6.07, 6.45) is 1.70. The average Bonchev–Trinajstić information content (AvgIpc) is 1.01. The Morgan fingerprint density at radius 1 is 0.357 bits per heavy atom. The predicted octanol–water partition coefficient (Wildman–Crippen LogP) is 13.3. The smallest absolute Gasteiger partial charge is 0.233 e. The van der Waals surface area contributed by atoms with Crippen molar-refractivity contribution in [3.05, 3.63) is 220 Å². The molecular formula is C76H78N6O16. The number of hydrogen-bond acceptors (Lipinski definition) is 22. The highest BCUT2D eigenvalue weighted by Gasteiger charge is 2.27. The lowest BCUT2D eigenvalue weighted by Crippen LogP contribution is -2.07. The lowest BCUT2D eigenvalue weighted by Gasteiger charge is -2.16. The summed E-state index contributed by atoms with van der Waals surface area (Å²) >= 11 is 0. The van der Waals surface area contributed by atoms with Gasteiger partial charge in [-0.1, -0.05) is 54.1 Å². The molecule has 4 fully saturated rings. The Morgan fingerprint density at radius 3 is 0.990 bits per heavy atom. The molecule has 0 bridgehead atoms. The van der Waals surface area contributed by atoms with E-state index in [4.69, 9.17) is 37.9 Å². The Balaban J connectivity index is 0.000000135. The molecule has 0 saturated carbocycles. The number of phenols is 8. The molecule has 0 amide bonds. The van der Waals surface area contributed by atoms with Crippen molar-refractivity contribution in [1.29, 1.82) is 0 Å². The van der Waals surface area contributed by atoms with E-state index in [9.17, 15) is 40.9 Å². The molecule has 22 heteroatoms. The Labute approximate surface area is 566 Å². The second-order valence-electron chi connectivity index (χ2n) is 24.2. The maximum Gasteiger partial charge on any atom is 0.233 e. The Hall–Kier alpha value is -11.2. The fourth-order valence-electron chi connectivity index (χ4n) is 10.4. The molecule has 0 radical (unpaired) electrons. The van der Waals surface area contributed by atoms with E-state index in [0.717, 1.165) is 77.2 Å². The first-order valence-electron chi connectivity index (χ1n) is 31.9. The maximum atomic E-state index is 10.7. The van der Waals surface area contributed by atoms with Crippen LogP contribution in [-0.2, 0) is 31.8 Å². The first kappa shape index (κ1) is 68.2. The maximum absolute atomic E-state index is 10.7. The molecular weight excluding hydrogens is 1250 g/mol. The molecule has 10 aromatic rings. The normalized spacial score (nSPS) is 15.8. The summed E-state index contributed by atoms with van der Waals surface area (Å²) in [7, 11) is 0. The van der Waals surface area contributed by atoms with E-state index in [2.05, 4.69) is 82.9 Å². The van der Waals surface area contributed by atoms with Crippen LogP contribution in [0.25, 0.3) is 11.1 Å². The number of hydrogen-bond donors (Lipinski definition) is 11. The molecule has 98 heavy (non-hydrogen) atoms. The number of nitrogens with one attached hydrogen (secondary N) is 3. The van der Waals surface area contributed by atoms with E-state index in [1.807, 2.05) is 43.3 Å². The van der Waals surface area contributed by atoms with Crippen LogP contribution in [0.15, 0.2) is 170 Å². The second kappa shape index (κ2) is 31.6. The molecule has 4 atom stereocenters. The van der Waals surface area contributed by atoms with Crippen LogP contribution in [0.2, 0.25) is 0 Å². The highest BCUT2D eigenvalue weighted by atomic mass is 16.6. The van der Waals surface area contributed by atoms with Gasteiger partial charge < -0.3 is 94.7 Å². The molecule has 4 aliphatic rings. The summed E-state index contributed by atoms with van der Waals surface area (Å²) in [4.78, 5) is 13.0. The van der Waals surface area contributed by atoms with E-state index in [-0.39, 0.29) is 88.3 Å². The number of nitrogens with zero attached hydrogens (tertiary/aromatic N) is 3. The Kier molecular flexibility index (Phi) is 22.0. The van der Waals surface area contributed by atoms with Gasteiger partial charge in [-0.2, -0.15) is 15.0 Å². The minimum absolute atomic E-state index is 0.0248. The summed E-state index contributed by atoms with van der Waals surface area (Å²) in [5.74, 6) is 4.54. The van der Waals surface area contributed by atoms with Crippen LogP contribution in [0.3, 0.4) is 0 Å². The van der Waals surface area contributed by atoms with Crippen molar-refractivity contribution in [2.75, 3.05) is 68.8 Å². The minimum Gasteiger partial charge on any atom is -0.508 e. The van der Waals surface area contributed by atoms with Crippen LogP contribution in [-0.4, -0.2) is 133 Å². The predicted molar refractivity (Wildman–Crippen MR) is 370 cm³/mol. The highest BCUT2D eigenvalue weighted by Crippen LogP contribution is 2.38. The molecule has 9 aromatic carbocycles. The van der Waals surface area contributed by atoms with Gasteiger partial charge in [0.2, 0.25) is 17.8 Å². The first-order chi connectivity index (χ1) is 47.3. The quantitative estimate of drug-likeness (QED) is 0.0265. The molecule has 4 saturated heterocycles. The van der Waals surface area contributed by atoms with Crippen LogP contribution in [0.4, 0.5) is 34.9 Å².